The number of para-hydroxylation sites is 1. The van der Waals surface area contributed by atoms with Crippen molar-refractivity contribution >= 4 is 5.91 Å². The molecule has 1 aromatic carbocycles. The van der Waals surface area contributed by atoms with Crippen molar-refractivity contribution in [1.29, 1.82) is 0 Å². The van der Waals surface area contributed by atoms with Crippen molar-refractivity contribution in [3.8, 4) is 5.75 Å². The Bertz CT molecular complexity index is 883. The highest BCUT2D eigenvalue weighted by molar-refractivity contribution is 5.73. The zero-order chi connectivity index (χ0) is 20.6. The fourth-order valence-corrected chi connectivity index (χ4v) is 4.79. The summed E-state index contributed by atoms with van der Waals surface area (Å²) in [7, 11) is 3.92. The standard InChI is InChI=1S/C23H32N4O2/c1-17-20(13-24-26(17)4)15-27-14-19-7-5-6-8-22(19)29-23(16-27)11-9-21(10-12-23)25(3)18(2)28/h5-8,13,21H,9-12,14-16H2,1-4H3. The normalized spacial score (nSPS) is 24.6. The van der Waals surface area contributed by atoms with Crippen LogP contribution in [-0.4, -0.2) is 50.7 Å². The van der Waals surface area contributed by atoms with Gasteiger partial charge in [0.15, 0.2) is 0 Å². The number of benzene rings is 1. The number of fused-ring (bicyclic) bond motifs is 1. The Morgan fingerprint density at radius 3 is 2.69 bits per heavy atom. The van der Waals surface area contributed by atoms with E-state index in [9.17, 15) is 4.79 Å². The van der Waals surface area contributed by atoms with Crippen LogP contribution in [0.2, 0.25) is 0 Å². The first-order valence-electron chi connectivity index (χ1n) is 10.6. The third-order valence-electron chi connectivity index (χ3n) is 6.85. The lowest BCUT2D eigenvalue weighted by Crippen LogP contribution is -2.51. The van der Waals surface area contributed by atoms with Crippen LogP contribution in [0.15, 0.2) is 30.5 Å². The van der Waals surface area contributed by atoms with Gasteiger partial charge in [-0.05, 0) is 38.7 Å². The van der Waals surface area contributed by atoms with Crippen LogP contribution in [0.3, 0.4) is 0 Å². The molecule has 2 aromatic rings. The molecule has 0 unspecified atom stereocenters. The van der Waals surface area contributed by atoms with Crippen molar-refractivity contribution in [3.63, 3.8) is 0 Å². The van der Waals surface area contributed by atoms with E-state index in [0.29, 0.717) is 6.04 Å². The van der Waals surface area contributed by atoms with Crippen molar-refractivity contribution in [3.05, 3.63) is 47.3 Å². The molecule has 0 bridgehead atoms. The summed E-state index contributed by atoms with van der Waals surface area (Å²) in [5.74, 6) is 1.16. The smallest absolute Gasteiger partial charge is 0.219 e. The molecule has 6 heteroatoms. The molecule has 1 amide bonds. The summed E-state index contributed by atoms with van der Waals surface area (Å²) < 4.78 is 8.65. The minimum absolute atomic E-state index is 0.145. The van der Waals surface area contributed by atoms with Crippen molar-refractivity contribution in [2.24, 2.45) is 7.05 Å². The number of rotatable bonds is 3. The first-order chi connectivity index (χ1) is 13.9. The van der Waals surface area contributed by atoms with Gasteiger partial charge in [0.1, 0.15) is 11.4 Å². The van der Waals surface area contributed by atoms with Gasteiger partial charge < -0.3 is 9.64 Å². The highest BCUT2D eigenvalue weighted by atomic mass is 16.5. The highest BCUT2D eigenvalue weighted by Crippen LogP contribution is 2.39. The van der Waals surface area contributed by atoms with Crippen molar-refractivity contribution in [2.75, 3.05) is 13.6 Å². The Morgan fingerprint density at radius 2 is 2.03 bits per heavy atom. The summed E-state index contributed by atoms with van der Waals surface area (Å²) in [6.07, 6.45) is 5.88. The van der Waals surface area contributed by atoms with Gasteiger partial charge in [-0.25, -0.2) is 0 Å². The van der Waals surface area contributed by atoms with Gasteiger partial charge >= 0.3 is 0 Å². The number of hydrogen-bond acceptors (Lipinski definition) is 4. The van der Waals surface area contributed by atoms with Crippen molar-refractivity contribution in [2.45, 2.75) is 64.3 Å². The molecule has 0 saturated heterocycles. The molecule has 29 heavy (non-hydrogen) atoms. The van der Waals surface area contributed by atoms with Gasteiger partial charge in [-0.1, -0.05) is 18.2 Å². The molecular formula is C23H32N4O2. The molecule has 1 spiro atoms. The third-order valence-corrected chi connectivity index (χ3v) is 6.85. The van der Waals surface area contributed by atoms with E-state index < -0.39 is 0 Å². The molecule has 0 atom stereocenters. The molecule has 1 aromatic heterocycles. The average Bonchev–Trinajstić information content (AvgIpc) is 2.93. The molecule has 4 rings (SSSR count). The van der Waals surface area contributed by atoms with Gasteiger partial charge in [0.05, 0.1) is 6.20 Å². The molecule has 1 fully saturated rings. The first-order valence-corrected chi connectivity index (χ1v) is 10.6. The Labute approximate surface area is 173 Å². The lowest BCUT2D eigenvalue weighted by molar-refractivity contribution is -0.131. The van der Waals surface area contributed by atoms with E-state index in [1.54, 1.807) is 6.92 Å². The second kappa shape index (κ2) is 7.82. The van der Waals surface area contributed by atoms with Gasteiger partial charge in [-0.2, -0.15) is 5.10 Å². The van der Waals surface area contributed by atoms with Crippen LogP contribution in [0.25, 0.3) is 0 Å². The van der Waals surface area contributed by atoms with E-state index in [4.69, 9.17) is 4.74 Å². The quantitative estimate of drug-likeness (QED) is 0.799. The first kappa shape index (κ1) is 20.0. The Balaban J connectivity index is 1.57. The number of carbonyl (C=O) groups excluding carboxylic acids is 1. The van der Waals surface area contributed by atoms with E-state index in [2.05, 4.69) is 41.2 Å². The molecule has 2 aliphatic rings. The number of carbonyl (C=O) groups is 1. The zero-order valence-corrected chi connectivity index (χ0v) is 18.0. The van der Waals surface area contributed by atoms with Crippen molar-refractivity contribution < 1.29 is 9.53 Å². The average molecular weight is 397 g/mol. The van der Waals surface area contributed by atoms with Crippen LogP contribution in [-0.2, 0) is 24.9 Å². The molecule has 0 N–H and O–H groups in total. The maximum Gasteiger partial charge on any atom is 0.219 e. The van der Waals surface area contributed by atoms with Gasteiger partial charge in [0.25, 0.3) is 0 Å². The number of nitrogens with zero attached hydrogens (tertiary/aromatic N) is 4. The van der Waals surface area contributed by atoms with E-state index in [1.807, 2.05) is 29.9 Å². The van der Waals surface area contributed by atoms with E-state index in [0.717, 1.165) is 51.1 Å². The van der Waals surface area contributed by atoms with Gasteiger partial charge in [0.2, 0.25) is 5.91 Å². The lowest BCUT2D eigenvalue weighted by Gasteiger charge is -2.43. The number of amides is 1. The molecule has 156 valence electrons. The molecule has 2 heterocycles. The molecular weight excluding hydrogens is 364 g/mol. The van der Waals surface area contributed by atoms with Gasteiger partial charge in [0, 0.05) is 63.5 Å². The number of hydrogen-bond donors (Lipinski definition) is 0. The van der Waals surface area contributed by atoms with Crippen LogP contribution in [0.4, 0.5) is 0 Å². The summed E-state index contributed by atoms with van der Waals surface area (Å²) >= 11 is 0. The SMILES string of the molecule is CC(=O)N(C)C1CCC2(CC1)CN(Cc1cnn(C)c1C)Cc1ccccc1O2. The van der Waals surface area contributed by atoms with E-state index >= 15 is 0 Å². The van der Waals surface area contributed by atoms with Gasteiger partial charge in [-0.15, -0.1) is 0 Å². The van der Waals surface area contributed by atoms with Crippen LogP contribution in [0.5, 0.6) is 5.75 Å². The largest absolute Gasteiger partial charge is 0.486 e. The monoisotopic (exact) mass is 396 g/mol. The lowest BCUT2D eigenvalue weighted by atomic mass is 9.81. The van der Waals surface area contributed by atoms with Gasteiger partial charge in [-0.3, -0.25) is 14.4 Å². The number of aryl methyl sites for hydroxylation is 1. The maximum atomic E-state index is 11.8. The van der Waals surface area contributed by atoms with Crippen LogP contribution in [0.1, 0.15) is 49.4 Å². The zero-order valence-electron chi connectivity index (χ0n) is 18.0. The molecule has 6 nitrogen and oxygen atoms in total. The predicted molar refractivity (Wildman–Crippen MR) is 113 cm³/mol. The maximum absolute atomic E-state index is 11.8. The number of aromatic nitrogens is 2. The Kier molecular flexibility index (Phi) is 5.38. The molecule has 1 aliphatic carbocycles. The fourth-order valence-electron chi connectivity index (χ4n) is 4.79. The molecule has 1 aliphatic heterocycles. The number of ether oxygens (including phenoxy) is 1. The Hall–Kier alpha value is -2.34. The minimum Gasteiger partial charge on any atom is -0.486 e. The third kappa shape index (κ3) is 4.04. The summed E-state index contributed by atoms with van der Waals surface area (Å²) in [6, 6.07) is 8.74. The Morgan fingerprint density at radius 1 is 1.31 bits per heavy atom. The van der Waals surface area contributed by atoms with Crippen LogP contribution >= 0.6 is 0 Å². The summed E-state index contributed by atoms with van der Waals surface area (Å²) in [5.41, 5.74) is 3.53. The summed E-state index contributed by atoms with van der Waals surface area (Å²) in [4.78, 5) is 16.2. The summed E-state index contributed by atoms with van der Waals surface area (Å²) in [5, 5.41) is 4.42. The second-order valence-corrected chi connectivity index (χ2v) is 8.78. The van der Waals surface area contributed by atoms with E-state index in [-0.39, 0.29) is 11.5 Å². The molecule has 0 radical (unpaired) electrons. The summed E-state index contributed by atoms with van der Waals surface area (Å²) in [6.45, 7) is 6.43. The minimum atomic E-state index is -0.198. The molecule has 1 saturated carbocycles. The van der Waals surface area contributed by atoms with Crippen molar-refractivity contribution in [1.82, 2.24) is 19.6 Å². The second-order valence-electron chi connectivity index (χ2n) is 8.78. The predicted octanol–water partition coefficient (Wildman–Crippen LogP) is 3.28. The topological polar surface area (TPSA) is 50.6 Å². The van der Waals surface area contributed by atoms with E-state index in [1.165, 1.54) is 16.8 Å². The highest BCUT2D eigenvalue weighted by Gasteiger charge is 2.42. The fraction of sp³-hybridized carbons (Fsp3) is 0.565. The van der Waals surface area contributed by atoms with Crippen LogP contribution in [0, 0.1) is 6.92 Å². The van der Waals surface area contributed by atoms with Crippen LogP contribution < -0.4 is 4.74 Å².